The first-order chi connectivity index (χ1) is 14.0. The predicted molar refractivity (Wildman–Crippen MR) is 104 cm³/mol. The van der Waals surface area contributed by atoms with Gasteiger partial charge in [0.25, 0.3) is 5.89 Å². The van der Waals surface area contributed by atoms with Crippen molar-refractivity contribution in [2.45, 2.75) is 32.9 Å². The van der Waals surface area contributed by atoms with Gasteiger partial charge in [-0.05, 0) is 38.1 Å². The molecule has 148 valence electrons. The lowest BCUT2D eigenvalue weighted by Gasteiger charge is -2.09. The number of aryl methyl sites for hydroxylation is 2. The third kappa shape index (κ3) is 3.96. The van der Waals surface area contributed by atoms with E-state index in [0.29, 0.717) is 17.0 Å². The van der Waals surface area contributed by atoms with E-state index < -0.39 is 17.8 Å². The summed E-state index contributed by atoms with van der Waals surface area (Å²) < 4.78 is 17.6. The highest BCUT2D eigenvalue weighted by Gasteiger charge is 2.19. The minimum atomic E-state index is -0.702. The van der Waals surface area contributed by atoms with Crippen LogP contribution in [0.1, 0.15) is 30.9 Å². The molecule has 0 radical (unpaired) electrons. The highest BCUT2D eigenvalue weighted by atomic mass is 16.6. The molecule has 0 fully saturated rings. The molecule has 0 aliphatic heterocycles. The zero-order valence-electron chi connectivity index (χ0n) is 16.0. The van der Waals surface area contributed by atoms with Gasteiger partial charge in [0.1, 0.15) is 0 Å². The second-order valence-corrected chi connectivity index (χ2v) is 6.68. The fraction of sp³-hybridized carbons (Fsp3) is 0.238. The zero-order chi connectivity index (χ0) is 20.4. The number of nitrogens with zero attached hydrogens (tertiary/aromatic N) is 3. The number of ether oxygens (including phenoxy) is 1. The number of hydrogen-bond donors (Lipinski definition) is 0. The van der Waals surface area contributed by atoms with Gasteiger partial charge in [0.05, 0.1) is 11.9 Å². The Kier molecular flexibility index (Phi) is 4.99. The quantitative estimate of drug-likeness (QED) is 0.461. The summed E-state index contributed by atoms with van der Waals surface area (Å²) in [6.45, 7) is 3.80. The standard InChI is InChI=1S/C21H19N3O5/c1-13-7-9-15(10-8-13)20-23-22-19(29-20)14(2)27-18(25)11-12-24-16-5-3-4-6-17(16)28-21(24)26/h3-10,14H,11-12H2,1-2H3/t14-/m0/s1. The van der Waals surface area contributed by atoms with Gasteiger partial charge in [-0.1, -0.05) is 29.8 Å². The molecule has 0 N–H and O–H groups in total. The third-order valence-corrected chi connectivity index (χ3v) is 4.51. The summed E-state index contributed by atoms with van der Waals surface area (Å²) >= 11 is 0. The molecule has 0 aliphatic rings. The molecule has 4 aromatic rings. The van der Waals surface area contributed by atoms with Crippen LogP contribution in [0.5, 0.6) is 0 Å². The largest absolute Gasteiger partial charge is 0.453 e. The van der Waals surface area contributed by atoms with Gasteiger partial charge in [0, 0.05) is 12.1 Å². The van der Waals surface area contributed by atoms with Crippen LogP contribution in [0.25, 0.3) is 22.6 Å². The van der Waals surface area contributed by atoms with Crippen LogP contribution in [-0.2, 0) is 16.1 Å². The first-order valence-corrected chi connectivity index (χ1v) is 9.19. The summed E-state index contributed by atoms with van der Waals surface area (Å²) in [5.41, 5.74) is 3.03. The Morgan fingerprint density at radius 1 is 1.10 bits per heavy atom. The minimum Gasteiger partial charge on any atom is -0.453 e. The molecule has 0 amide bonds. The van der Waals surface area contributed by atoms with Gasteiger partial charge < -0.3 is 13.6 Å². The van der Waals surface area contributed by atoms with Gasteiger partial charge in [-0.25, -0.2) is 4.79 Å². The van der Waals surface area contributed by atoms with Gasteiger partial charge in [0.15, 0.2) is 11.7 Å². The minimum absolute atomic E-state index is 0.00668. The second-order valence-electron chi connectivity index (χ2n) is 6.68. The first kappa shape index (κ1) is 18.7. The normalized spacial score (nSPS) is 12.2. The van der Waals surface area contributed by atoms with E-state index in [-0.39, 0.29) is 18.9 Å². The van der Waals surface area contributed by atoms with E-state index in [0.717, 1.165) is 11.1 Å². The zero-order valence-corrected chi connectivity index (χ0v) is 16.0. The number of aromatic nitrogens is 3. The lowest BCUT2D eigenvalue weighted by molar-refractivity contribution is -0.149. The average Bonchev–Trinajstić information content (AvgIpc) is 3.31. The number of carbonyl (C=O) groups excluding carboxylic acids is 1. The molecule has 0 spiro atoms. The monoisotopic (exact) mass is 393 g/mol. The molecule has 1 atom stereocenters. The topological polar surface area (TPSA) is 100 Å². The molecule has 0 aliphatic carbocycles. The lowest BCUT2D eigenvalue weighted by Crippen LogP contribution is -2.18. The van der Waals surface area contributed by atoms with Gasteiger partial charge >= 0.3 is 11.7 Å². The number of benzene rings is 2. The van der Waals surface area contributed by atoms with Crippen LogP contribution in [0.4, 0.5) is 0 Å². The van der Waals surface area contributed by atoms with Crippen molar-refractivity contribution in [2.24, 2.45) is 0 Å². The van der Waals surface area contributed by atoms with Gasteiger partial charge in [-0.2, -0.15) is 0 Å². The number of oxazole rings is 1. The Bertz CT molecular complexity index is 1200. The van der Waals surface area contributed by atoms with Crippen molar-refractivity contribution in [1.82, 2.24) is 14.8 Å². The summed E-state index contributed by atoms with van der Waals surface area (Å²) in [4.78, 5) is 24.2. The molecule has 8 heteroatoms. The van der Waals surface area contributed by atoms with Gasteiger partial charge in [-0.15, -0.1) is 10.2 Å². The summed E-state index contributed by atoms with van der Waals surface area (Å²) in [6.07, 6.45) is -0.695. The smallest absolute Gasteiger partial charge is 0.419 e. The van der Waals surface area contributed by atoms with Crippen molar-refractivity contribution in [3.05, 3.63) is 70.5 Å². The van der Waals surface area contributed by atoms with Crippen LogP contribution in [0, 0.1) is 6.92 Å². The number of fused-ring (bicyclic) bond motifs is 1. The fourth-order valence-electron chi connectivity index (χ4n) is 2.95. The number of rotatable bonds is 6. The molecule has 0 saturated carbocycles. The molecule has 0 bridgehead atoms. The van der Waals surface area contributed by atoms with Crippen molar-refractivity contribution < 1.29 is 18.4 Å². The Balaban J connectivity index is 1.39. The molecule has 2 aromatic heterocycles. The highest BCUT2D eigenvalue weighted by Crippen LogP contribution is 2.23. The van der Waals surface area contributed by atoms with E-state index in [2.05, 4.69) is 10.2 Å². The fourth-order valence-corrected chi connectivity index (χ4v) is 2.95. The average molecular weight is 393 g/mol. The Labute approximate surface area is 165 Å². The maximum absolute atomic E-state index is 12.2. The molecule has 4 rings (SSSR count). The van der Waals surface area contributed by atoms with Crippen LogP contribution in [0.3, 0.4) is 0 Å². The van der Waals surface area contributed by atoms with Crippen LogP contribution >= 0.6 is 0 Å². The molecule has 2 heterocycles. The van der Waals surface area contributed by atoms with Crippen LogP contribution < -0.4 is 5.76 Å². The lowest BCUT2D eigenvalue weighted by atomic mass is 10.1. The molecule has 2 aromatic carbocycles. The first-order valence-electron chi connectivity index (χ1n) is 9.19. The summed E-state index contributed by atoms with van der Waals surface area (Å²) in [6, 6.07) is 14.7. The molecule has 0 unspecified atom stereocenters. The molecule has 8 nitrogen and oxygen atoms in total. The van der Waals surface area contributed by atoms with Crippen molar-refractivity contribution in [3.63, 3.8) is 0 Å². The number of esters is 1. The van der Waals surface area contributed by atoms with Gasteiger partial charge in [-0.3, -0.25) is 9.36 Å². The van der Waals surface area contributed by atoms with Crippen LogP contribution in [0.2, 0.25) is 0 Å². The van der Waals surface area contributed by atoms with Crippen molar-refractivity contribution in [2.75, 3.05) is 0 Å². The van der Waals surface area contributed by atoms with E-state index in [4.69, 9.17) is 13.6 Å². The van der Waals surface area contributed by atoms with Crippen molar-refractivity contribution >= 4 is 17.1 Å². The SMILES string of the molecule is Cc1ccc(-c2nnc([C@H](C)OC(=O)CCn3c(=O)oc4ccccc43)o2)cc1. The van der Waals surface area contributed by atoms with Gasteiger partial charge in [0.2, 0.25) is 5.89 Å². The van der Waals surface area contributed by atoms with E-state index in [1.165, 1.54) is 4.57 Å². The summed E-state index contributed by atoms with van der Waals surface area (Å²) in [7, 11) is 0. The maximum Gasteiger partial charge on any atom is 0.419 e. The van der Waals surface area contributed by atoms with E-state index >= 15 is 0 Å². The van der Waals surface area contributed by atoms with Crippen LogP contribution in [0.15, 0.2) is 62.2 Å². The van der Waals surface area contributed by atoms with E-state index in [1.807, 2.05) is 31.2 Å². The van der Waals surface area contributed by atoms with Crippen molar-refractivity contribution in [3.8, 4) is 11.5 Å². The summed E-state index contributed by atoms with van der Waals surface area (Å²) in [5, 5.41) is 7.98. The number of carbonyl (C=O) groups is 1. The Morgan fingerprint density at radius 2 is 1.86 bits per heavy atom. The number of para-hydroxylation sites is 2. The second kappa shape index (κ2) is 7.75. The number of hydrogen-bond acceptors (Lipinski definition) is 7. The van der Waals surface area contributed by atoms with Crippen molar-refractivity contribution in [1.29, 1.82) is 0 Å². The molecule has 29 heavy (non-hydrogen) atoms. The maximum atomic E-state index is 12.2. The van der Waals surface area contributed by atoms with E-state index in [9.17, 15) is 9.59 Å². The third-order valence-electron chi connectivity index (χ3n) is 4.51. The predicted octanol–water partition coefficient (Wildman–Crippen LogP) is 3.65. The molecule has 0 saturated heterocycles. The molecular weight excluding hydrogens is 374 g/mol. The Morgan fingerprint density at radius 3 is 2.66 bits per heavy atom. The summed E-state index contributed by atoms with van der Waals surface area (Å²) in [5.74, 6) is -0.421. The van der Waals surface area contributed by atoms with E-state index in [1.54, 1.807) is 31.2 Å². The highest BCUT2D eigenvalue weighted by molar-refractivity contribution is 5.73. The molecular formula is C21H19N3O5. The van der Waals surface area contributed by atoms with Crippen LogP contribution in [-0.4, -0.2) is 20.7 Å². The Hall–Kier alpha value is -3.68.